The van der Waals surface area contributed by atoms with Crippen molar-refractivity contribution in [1.82, 2.24) is 19.7 Å². The van der Waals surface area contributed by atoms with Gasteiger partial charge in [-0.15, -0.1) is 18.3 Å². The monoisotopic (exact) mass is 206 g/mol. The number of hydrogen-bond donors (Lipinski definition) is 0. The smallest absolute Gasteiger partial charge is 0.162 e. The average Bonchev–Trinajstić information content (AvgIpc) is 2.58. The Hall–Kier alpha value is -1.36. The van der Waals surface area contributed by atoms with Crippen LogP contribution in [0.1, 0.15) is 0 Å². The first kappa shape index (κ1) is 9.21. The number of fused-ring (bicyclic) bond motifs is 1. The summed E-state index contributed by atoms with van der Waals surface area (Å²) in [6, 6.07) is 0. The maximum absolute atomic E-state index is 4.21. The Morgan fingerprint density at radius 2 is 2.43 bits per heavy atom. The number of aryl methyl sites for hydroxylation is 1. The van der Waals surface area contributed by atoms with Gasteiger partial charge >= 0.3 is 0 Å². The average molecular weight is 206 g/mol. The summed E-state index contributed by atoms with van der Waals surface area (Å²) in [5.74, 6) is 0.848. The number of thioether (sulfide) groups is 1. The Labute approximate surface area is 86.1 Å². The zero-order valence-electron chi connectivity index (χ0n) is 7.84. The molecule has 2 rings (SSSR count). The maximum atomic E-state index is 4.21. The summed E-state index contributed by atoms with van der Waals surface area (Å²) in [6.45, 7) is 3.68. The van der Waals surface area contributed by atoms with E-state index < -0.39 is 0 Å². The van der Waals surface area contributed by atoms with Crippen molar-refractivity contribution in [2.24, 2.45) is 7.05 Å². The van der Waals surface area contributed by atoms with Crippen LogP contribution in [0.3, 0.4) is 0 Å². The molecule has 14 heavy (non-hydrogen) atoms. The molecule has 0 unspecified atom stereocenters. The molecule has 5 heteroatoms. The largest absolute Gasteiger partial charge is 0.250 e. The van der Waals surface area contributed by atoms with Crippen LogP contribution in [0.5, 0.6) is 0 Å². The summed E-state index contributed by atoms with van der Waals surface area (Å²) in [5.41, 5.74) is 0.867. The van der Waals surface area contributed by atoms with Gasteiger partial charge in [-0.05, 0) is 0 Å². The molecule has 0 aliphatic rings. The van der Waals surface area contributed by atoms with Gasteiger partial charge in [0.25, 0.3) is 0 Å². The summed E-state index contributed by atoms with van der Waals surface area (Å²) in [7, 11) is 1.87. The predicted octanol–water partition coefficient (Wildman–Crippen LogP) is 1.64. The molecule has 72 valence electrons. The van der Waals surface area contributed by atoms with E-state index in [2.05, 4.69) is 21.6 Å². The molecule has 4 nitrogen and oxygen atoms in total. The molecular formula is C9H10N4S. The maximum Gasteiger partial charge on any atom is 0.162 e. The van der Waals surface area contributed by atoms with Crippen molar-refractivity contribution in [3.8, 4) is 0 Å². The lowest BCUT2D eigenvalue weighted by molar-refractivity contribution is 0.784. The second-order valence-corrected chi connectivity index (χ2v) is 3.79. The number of nitrogens with zero attached hydrogens (tertiary/aromatic N) is 4. The van der Waals surface area contributed by atoms with Gasteiger partial charge in [0.15, 0.2) is 5.65 Å². The zero-order chi connectivity index (χ0) is 9.97. The lowest BCUT2D eigenvalue weighted by Crippen LogP contribution is -1.92. The Kier molecular flexibility index (Phi) is 2.49. The molecule has 0 fully saturated rings. The molecule has 0 spiro atoms. The van der Waals surface area contributed by atoms with Crippen molar-refractivity contribution in [3.63, 3.8) is 0 Å². The van der Waals surface area contributed by atoms with Gasteiger partial charge in [0.2, 0.25) is 0 Å². The fourth-order valence-corrected chi connectivity index (χ4v) is 1.89. The van der Waals surface area contributed by atoms with E-state index in [1.807, 2.05) is 13.1 Å². The van der Waals surface area contributed by atoms with Crippen LogP contribution >= 0.6 is 11.8 Å². The minimum Gasteiger partial charge on any atom is -0.250 e. The number of aromatic nitrogens is 4. The highest BCUT2D eigenvalue weighted by Crippen LogP contribution is 2.23. The van der Waals surface area contributed by atoms with E-state index in [-0.39, 0.29) is 0 Å². The van der Waals surface area contributed by atoms with Crippen LogP contribution in [0.2, 0.25) is 0 Å². The Balaban J connectivity index is 2.48. The lowest BCUT2D eigenvalue weighted by atomic mass is 10.4. The van der Waals surface area contributed by atoms with E-state index in [1.165, 1.54) is 0 Å². The van der Waals surface area contributed by atoms with E-state index in [0.29, 0.717) is 0 Å². The molecule has 0 saturated heterocycles. The van der Waals surface area contributed by atoms with Gasteiger partial charge in [-0.3, -0.25) is 4.68 Å². The molecule has 0 saturated carbocycles. The molecule has 0 radical (unpaired) electrons. The normalized spacial score (nSPS) is 10.6. The van der Waals surface area contributed by atoms with Crippen molar-refractivity contribution in [1.29, 1.82) is 0 Å². The highest BCUT2D eigenvalue weighted by Gasteiger charge is 2.06. The molecule has 0 atom stereocenters. The van der Waals surface area contributed by atoms with Crippen molar-refractivity contribution >= 4 is 22.8 Å². The minimum atomic E-state index is 0.848. The van der Waals surface area contributed by atoms with E-state index in [0.717, 1.165) is 21.8 Å². The highest BCUT2D eigenvalue weighted by atomic mass is 32.2. The summed E-state index contributed by atoms with van der Waals surface area (Å²) < 4.78 is 1.75. The third kappa shape index (κ3) is 1.50. The van der Waals surface area contributed by atoms with Gasteiger partial charge in [-0.25, -0.2) is 9.97 Å². The van der Waals surface area contributed by atoms with Crippen LogP contribution in [-0.2, 0) is 7.05 Å². The second kappa shape index (κ2) is 3.79. The first-order chi connectivity index (χ1) is 6.83. The summed E-state index contributed by atoms with van der Waals surface area (Å²) in [5, 5.41) is 6.10. The fourth-order valence-electron chi connectivity index (χ4n) is 1.19. The minimum absolute atomic E-state index is 0.848. The van der Waals surface area contributed by atoms with Crippen molar-refractivity contribution in [2.75, 3.05) is 5.75 Å². The first-order valence-electron chi connectivity index (χ1n) is 4.19. The van der Waals surface area contributed by atoms with Gasteiger partial charge in [0.05, 0.1) is 11.6 Å². The zero-order valence-corrected chi connectivity index (χ0v) is 8.66. The summed E-state index contributed by atoms with van der Waals surface area (Å²) >= 11 is 1.64. The fraction of sp³-hybridized carbons (Fsp3) is 0.222. The third-order valence-electron chi connectivity index (χ3n) is 1.83. The van der Waals surface area contributed by atoms with Crippen molar-refractivity contribution in [2.45, 2.75) is 5.03 Å². The van der Waals surface area contributed by atoms with E-state index in [1.54, 1.807) is 29.0 Å². The van der Waals surface area contributed by atoms with Crippen molar-refractivity contribution < 1.29 is 0 Å². The summed E-state index contributed by atoms with van der Waals surface area (Å²) in [6.07, 6.45) is 5.21. The van der Waals surface area contributed by atoms with E-state index >= 15 is 0 Å². The molecule has 2 aromatic rings. The molecule has 0 aliphatic heterocycles. The summed E-state index contributed by atoms with van der Waals surface area (Å²) in [4.78, 5) is 8.37. The van der Waals surface area contributed by atoms with Crippen LogP contribution in [0, 0.1) is 0 Å². The van der Waals surface area contributed by atoms with Crippen LogP contribution < -0.4 is 0 Å². The Morgan fingerprint density at radius 3 is 3.21 bits per heavy atom. The molecule has 2 heterocycles. The van der Waals surface area contributed by atoms with Crippen LogP contribution in [0.15, 0.2) is 30.2 Å². The lowest BCUT2D eigenvalue weighted by Gasteiger charge is -1.98. The van der Waals surface area contributed by atoms with Gasteiger partial charge in [-0.1, -0.05) is 6.08 Å². The topological polar surface area (TPSA) is 43.6 Å². The Morgan fingerprint density at radius 1 is 1.57 bits per heavy atom. The van der Waals surface area contributed by atoms with Crippen molar-refractivity contribution in [3.05, 3.63) is 25.2 Å². The van der Waals surface area contributed by atoms with Crippen LogP contribution in [-0.4, -0.2) is 25.5 Å². The second-order valence-electron chi connectivity index (χ2n) is 2.78. The number of hydrogen-bond acceptors (Lipinski definition) is 4. The van der Waals surface area contributed by atoms with Gasteiger partial charge in [-0.2, -0.15) is 5.10 Å². The first-order valence-corrected chi connectivity index (χ1v) is 5.18. The molecule has 2 aromatic heterocycles. The van der Waals surface area contributed by atoms with Crippen LogP contribution in [0.4, 0.5) is 0 Å². The van der Waals surface area contributed by atoms with Gasteiger partial charge in [0, 0.05) is 12.8 Å². The molecular weight excluding hydrogens is 196 g/mol. The van der Waals surface area contributed by atoms with Gasteiger partial charge in [0.1, 0.15) is 11.4 Å². The molecule has 0 aliphatic carbocycles. The Bertz CT molecular complexity index is 463. The molecule has 0 amide bonds. The van der Waals surface area contributed by atoms with E-state index in [4.69, 9.17) is 0 Å². The highest BCUT2D eigenvalue weighted by molar-refractivity contribution is 7.99. The third-order valence-corrected chi connectivity index (χ3v) is 2.83. The quantitative estimate of drug-likeness (QED) is 0.435. The molecule has 0 aromatic carbocycles. The molecule has 0 bridgehead atoms. The van der Waals surface area contributed by atoms with Gasteiger partial charge < -0.3 is 0 Å². The predicted molar refractivity (Wildman–Crippen MR) is 57.2 cm³/mol. The van der Waals surface area contributed by atoms with E-state index in [9.17, 15) is 0 Å². The van der Waals surface area contributed by atoms with Crippen LogP contribution in [0.25, 0.3) is 11.0 Å². The SMILES string of the molecule is C=CCSc1ncnc2c1cnn2C. The molecule has 0 N–H and O–H groups in total. The standard InChI is InChI=1S/C9H10N4S/c1-3-4-14-9-7-5-12-13(2)8(7)10-6-11-9/h3,5-6H,1,4H2,2H3. The number of rotatable bonds is 3.